The summed E-state index contributed by atoms with van der Waals surface area (Å²) in [6.45, 7) is 9.12. The molecule has 0 N–H and O–H groups in total. The predicted octanol–water partition coefficient (Wildman–Crippen LogP) is 5.60. The number of halogens is 1. The van der Waals surface area contributed by atoms with Crippen LogP contribution in [-0.2, 0) is 5.67 Å². The third-order valence-electron chi connectivity index (χ3n) is 3.57. The minimum atomic E-state index is -1.34. The molecule has 2 aromatic carbocycles. The van der Waals surface area contributed by atoms with Gasteiger partial charge in [0.15, 0.2) is 0 Å². The Bertz CT molecular complexity index is 648. The van der Waals surface area contributed by atoms with E-state index in [-0.39, 0.29) is 0 Å². The van der Waals surface area contributed by atoms with E-state index in [9.17, 15) is 4.39 Å². The Balaban J connectivity index is 2.58. The minimum absolute atomic E-state index is 0.665. The van der Waals surface area contributed by atoms with E-state index < -0.39 is 5.67 Å². The maximum Gasteiger partial charge on any atom is 0.130 e. The number of rotatable bonds is 4. The van der Waals surface area contributed by atoms with E-state index in [1.54, 1.807) is 21.0 Å². The fourth-order valence-corrected chi connectivity index (χ4v) is 2.39. The molecule has 0 heterocycles. The van der Waals surface area contributed by atoms with Crippen LogP contribution in [0, 0.1) is 0 Å². The van der Waals surface area contributed by atoms with Crippen molar-refractivity contribution in [2.45, 2.75) is 26.4 Å². The van der Waals surface area contributed by atoms with Gasteiger partial charge in [0.2, 0.25) is 0 Å². The summed E-state index contributed by atoms with van der Waals surface area (Å²) in [5.41, 5.74) is 3.34. The lowest BCUT2D eigenvalue weighted by Crippen LogP contribution is -2.08. The second kappa shape index (κ2) is 5.72. The van der Waals surface area contributed by atoms with Crippen molar-refractivity contribution in [3.05, 3.63) is 60.2 Å². The molecule has 2 aromatic rings. The lowest BCUT2D eigenvalue weighted by molar-refractivity contribution is 0.221. The largest absolute Gasteiger partial charge is 0.496 e. The van der Waals surface area contributed by atoms with Crippen LogP contribution in [0.15, 0.2) is 49.0 Å². The Morgan fingerprint density at radius 2 is 1.71 bits per heavy atom. The second-order valence-electron chi connectivity index (χ2n) is 5.71. The zero-order chi connectivity index (χ0) is 15.6. The van der Waals surface area contributed by atoms with Gasteiger partial charge < -0.3 is 4.74 Å². The van der Waals surface area contributed by atoms with E-state index in [1.807, 2.05) is 49.4 Å². The molecule has 0 bridgehead atoms. The van der Waals surface area contributed by atoms with Gasteiger partial charge in [-0.2, -0.15) is 0 Å². The molecule has 0 aliphatic carbocycles. The lowest BCUT2D eigenvalue weighted by Gasteiger charge is -2.17. The van der Waals surface area contributed by atoms with Gasteiger partial charge in [-0.25, -0.2) is 4.39 Å². The first-order chi connectivity index (χ1) is 9.84. The van der Waals surface area contributed by atoms with Crippen LogP contribution < -0.4 is 4.74 Å². The van der Waals surface area contributed by atoms with Crippen molar-refractivity contribution < 1.29 is 9.13 Å². The first-order valence-corrected chi connectivity index (χ1v) is 6.97. The average Bonchev–Trinajstić information content (AvgIpc) is 2.45. The highest BCUT2D eigenvalue weighted by atomic mass is 19.1. The minimum Gasteiger partial charge on any atom is -0.496 e. The van der Waals surface area contributed by atoms with Gasteiger partial charge in [-0.1, -0.05) is 48.6 Å². The summed E-state index contributed by atoms with van der Waals surface area (Å²) in [6, 6.07) is 13.4. The maximum absolute atomic E-state index is 14.0. The van der Waals surface area contributed by atoms with E-state index in [0.717, 1.165) is 28.0 Å². The highest BCUT2D eigenvalue weighted by Gasteiger charge is 2.19. The number of alkyl halides is 1. The van der Waals surface area contributed by atoms with Gasteiger partial charge >= 0.3 is 0 Å². The predicted molar refractivity (Wildman–Crippen MR) is 87.3 cm³/mol. The molecule has 2 heteroatoms. The van der Waals surface area contributed by atoms with Crippen LogP contribution in [0.4, 0.5) is 4.39 Å². The number of ether oxygens (including phenoxy) is 1. The SMILES string of the molecule is C=C(C)c1cccc(OC)c1-c1ccc(C(C)(C)F)cc1. The molecule has 0 radical (unpaired) electrons. The molecule has 21 heavy (non-hydrogen) atoms. The molecule has 0 aromatic heterocycles. The van der Waals surface area contributed by atoms with Crippen molar-refractivity contribution in [2.75, 3.05) is 7.11 Å². The van der Waals surface area contributed by atoms with Gasteiger partial charge in [0.1, 0.15) is 11.4 Å². The smallest absolute Gasteiger partial charge is 0.130 e. The van der Waals surface area contributed by atoms with Gasteiger partial charge in [0.25, 0.3) is 0 Å². The number of methoxy groups -OCH3 is 1. The number of benzene rings is 2. The molecular formula is C19H21FO. The Kier molecular flexibility index (Phi) is 4.17. The summed E-state index contributed by atoms with van der Waals surface area (Å²) < 4.78 is 19.4. The molecule has 0 amide bonds. The summed E-state index contributed by atoms with van der Waals surface area (Å²) >= 11 is 0. The standard InChI is InChI=1S/C19H21FO/c1-13(2)16-7-6-8-17(21-5)18(16)14-9-11-15(12-10-14)19(3,4)20/h6-12H,1H2,2-5H3. The molecule has 0 aliphatic rings. The first kappa shape index (κ1) is 15.3. The fourth-order valence-electron chi connectivity index (χ4n) is 2.39. The summed E-state index contributed by atoms with van der Waals surface area (Å²) in [7, 11) is 1.65. The van der Waals surface area contributed by atoms with E-state index in [0.29, 0.717) is 5.56 Å². The average molecular weight is 284 g/mol. The van der Waals surface area contributed by atoms with Crippen LogP contribution >= 0.6 is 0 Å². The van der Waals surface area contributed by atoms with Gasteiger partial charge in [-0.3, -0.25) is 0 Å². The fraction of sp³-hybridized carbons (Fsp3) is 0.263. The van der Waals surface area contributed by atoms with Crippen LogP contribution in [0.2, 0.25) is 0 Å². The molecule has 2 rings (SSSR count). The molecule has 0 fully saturated rings. The van der Waals surface area contributed by atoms with Crippen LogP contribution in [0.25, 0.3) is 16.7 Å². The quantitative estimate of drug-likeness (QED) is 0.710. The van der Waals surface area contributed by atoms with Crippen molar-refractivity contribution in [2.24, 2.45) is 0 Å². The first-order valence-electron chi connectivity index (χ1n) is 6.97. The third kappa shape index (κ3) is 3.15. The highest BCUT2D eigenvalue weighted by Crippen LogP contribution is 2.37. The Morgan fingerprint density at radius 3 is 2.19 bits per heavy atom. The highest BCUT2D eigenvalue weighted by molar-refractivity contribution is 5.84. The topological polar surface area (TPSA) is 9.23 Å². The van der Waals surface area contributed by atoms with Gasteiger partial charge in [-0.15, -0.1) is 0 Å². The maximum atomic E-state index is 14.0. The second-order valence-corrected chi connectivity index (χ2v) is 5.71. The normalized spacial score (nSPS) is 11.3. The zero-order valence-electron chi connectivity index (χ0n) is 13.0. The molecule has 0 aliphatic heterocycles. The summed E-state index contributed by atoms with van der Waals surface area (Å²) in [5, 5.41) is 0. The number of allylic oxidation sites excluding steroid dienone is 1. The van der Waals surface area contributed by atoms with Crippen molar-refractivity contribution >= 4 is 5.57 Å². The molecule has 0 saturated carbocycles. The Hall–Kier alpha value is -2.09. The zero-order valence-corrected chi connectivity index (χ0v) is 13.0. The van der Waals surface area contributed by atoms with Gasteiger partial charge in [0, 0.05) is 5.56 Å². The molecule has 110 valence electrons. The molecule has 0 saturated heterocycles. The van der Waals surface area contributed by atoms with E-state index in [4.69, 9.17) is 4.74 Å². The Labute approximate surface area is 126 Å². The van der Waals surface area contributed by atoms with Crippen molar-refractivity contribution in [3.8, 4) is 16.9 Å². The third-order valence-corrected chi connectivity index (χ3v) is 3.57. The van der Waals surface area contributed by atoms with Crippen molar-refractivity contribution in [3.63, 3.8) is 0 Å². The van der Waals surface area contributed by atoms with Crippen LogP contribution in [0.1, 0.15) is 31.9 Å². The van der Waals surface area contributed by atoms with Gasteiger partial charge in [0.05, 0.1) is 7.11 Å². The van der Waals surface area contributed by atoms with Crippen LogP contribution in [0.5, 0.6) is 5.75 Å². The number of hydrogen-bond donors (Lipinski definition) is 0. The van der Waals surface area contributed by atoms with E-state index in [2.05, 4.69) is 6.58 Å². The lowest BCUT2D eigenvalue weighted by atomic mass is 9.92. The van der Waals surface area contributed by atoms with Crippen LogP contribution in [-0.4, -0.2) is 7.11 Å². The molecule has 0 unspecified atom stereocenters. The van der Waals surface area contributed by atoms with Crippen molar-refractivity contribution in [1.82, 2.24) is 0 Å². The molecule has 0 spiro atoms. The Morgan fingerprint density at radius 1 is 1.10 bits per heavy atom. The summed E-state index contributed by atoms with van der Waals surface area (Å²) in [4.78, 5) is 0. The van der Waals surface area contributed by atoms with E-state index >= 15 is 0 Å². The molecule has 0 atom stereocenters. The molecule has 1 nitrogen and oxygen atoms in total. The number of hydrogen-bond acceptors (Lipinski definition) is 1. The summed E-state index contributed by atoms with van der Waals surface area (Å²) in [5.74, 6) is 0.794. The van der Waals surface area contributed by atoms with E-state index in [1.165, 1.54) is 0 Å². The van der Waals surface area contributed by atoms with Gasteiger partial charge in [-0.05, 0) is 43.5 Å². The monoisotopic (exact) mass is 284 g/mol. The van der Waals surface area contributed by atoms with Crippen molar-refractivity contribution in [1.29, 1.82) is 0 Å². The summed E-state index contributed by atoms with van der Waals surface area (Å²) in [6.07, 6.45) is 0. The molecular weight excluding hydrogens is 263 g/mol. The van der Waals surface area contributed by atoms with Crippen LogP contribution in [0.3, 0.4) is 0 Å².